The molecule has 0 bridgehead atoms. The molecule has 0 aliphatic carbocycles. The van der Waals surface area contributed by atoms with Gasteiger partial charge in [-0.15, -0.1) is 0 Å². The molecule has 0 amide bonds. The average molecular weight is 529 g/mol. The van der Waals surface area contributed by atoms with Crippen LogP contribution in [0.4, 0.5) is 0 Å². The van der Waals surface area contributed by atoms with E-state index in [0.29, 0.717) is 28.4 Å². The van der Waals surface area contributed by atoms with Crippen molar-refractivity contribution in [1.82, 2.24) is 0 Å². The summed E-state index contributed by atoms with van der Waals surface area (Å²) >= 11 is 0. The summed E-state index contributed by atoms with van der Waals surface area (Å²) in [5, 5.41) is 32.0. The molecule has 0 saturated heterocycles. The summed E-state index contributed by atoms with van der Waals surface area (Å²) in [4.78, 5) is 13.8. The third-order valence-electron chi connectivity index (χ3n) is 6.84. The third kappa shape index (κ3) is 4.31. The van der Waals surface area contributed by atoms with Crippen LogP contribution in [0.2, 0.25) is 0 Å². The molecule has 0 fully saturated rings. The lowest BCUT2D eigenvalue weighted by Gasteiger charge is -2.15. The van der Waals surface area contributed by atoms with Crippen molar-refractivity contribution in [1.29, 1.82) is 0 Å². The van der Waals surface area contributed by atoms with E-state index in [1.54, 1.807) is 43.3 Å². The van der Waals surface area contributed by atoms with Crippen LogP contribution < -0.4 is 10.2 Å². The second kappa shape index (κ2) is 10.0. The maximum atomic E-state index is 13.8. The molecule has 0 aliphatic heterocycles. The summed E-state index contributed by atoms with van der Waals surface area (Å²) in [7, 11) is 0. The second-order valence-electron chi connectivity index (χ2n) is 9.37. The lowest BCUT2D eigenvalue weighted by molar-refractivity contribution is 0.371. The Kier molecular flexibility index (Phi) is 6.21. The summed E-state index contributed by atoms with van der Waals surface area (Å²) in [6, 6.07) is 33.3. The van der Waals surface area contributed by atoms with Gasteiger partial charge in [0.1, 0.15) is 22.6 Å². The number of fused-ring (bicyclic) bond motifs is 1. The van der Waals surface area contributed by atoms with E-state index >= 15 is 0 Å². The first-order valence-electron chi connectivity index (χ1n) is 12.7. The lowest BCUT2D eigenvalue weighted by atomic mass is 9.95. The summed E-state index contributed by atoms with van der Waals surface area (Å²) in [6.07, 6.45) is 0. The van der Waals surface area contributed by atoms with Crippen molar-refractivity contribution in [3.63, 3.8) is 0 Å². The van der Waals surface area contributed by atoms with E-state index in [4.69, 9.17) is 9.15 Å². The van der Waals surface area contributed by atoms with Crippen molar-refractivity contribution < 1.29 is 24.5 Å². The van der Waals surface area contributed by atoms with Gasteiger partial charge in [0.25, 0.3) is 0 Å². The highest BCUT2D eigenvalue weighted by molar-refractivity contribution is 6.03. The maximum Gasteiger partial charge on any atom is 0.204 e. The van der Waals surface area contributed by atoms with Crippen LogP contribution in [0.1, 0.15) is 5.76 Å². The molecule has 0 spiro atoms. The first kappa shape index (κ1) is 24.8. The van der Waals surface area contributed by atoms with E-state index in [2.05, 4.69) is 0 Å². The number of aryl methyl sites for hydroxylation is 1. The van der Waals surface area contributed by atoms with Crippen LogP contribution in [-0.4, -0.2) is 15.3 Å². The number of para-hydroxylation sites is 1. The summed E-state index contributed by atoms with van der Waals surface area (Å²) in [6.45, 7) is 1.65. The molecular weight excluding hydrogens is 504 g/mol. The van der Waals surface area contributed by atoms with E-state index < -0.39 is 22.7 Å². The predicted molar refractivity (Wildman–Crippen MR) is 155 cm³/mol. The third-order valence-corrected chi connectivity index (χ3v) is 6.84. The Morgan fingerprint density at radius 1 is 0.550 bits per heavy atom. The Morgan fingerprint density at radius 3 is 1.70 bits per heavy atom. The normalized spacial score (nSPS) is 11.0. The molecule has 40 heavy (non-hydrogen) atoms. The Labute approximate surface area is 229 Å². The van der Waals surface area contributed by atoms with Crippen LogP contribution >= 0.6 is 0 Å². The fourth-order valence-corrected chi connectivity index (χ4v) is 4.87. The molecule has 1 aromatic heterocycles. The van der Waals surface area contributed by atoms with Gasteiger partial charge in [-0.2, -0.15) is 0 Å². The molecule has 0 radical (unpaired) electrons. The number of phenolic OH excluding ortho intramolecular Hbond substituents is 3. The molecular formula is C34H24O6. The summed E-state index contributed by atoms with van der Waals surface area (Å²) < 4.78 is 12.0. The van der Waals surface area contributed by atoms with Crippen molar-refractivity contribution in [2.75, 3.05) is 0 Å². The van der Waals surface area contributed by atoms with Crippen LogP contribution in [0, 0.1) is 6.92 Å². The number of rotatable bonds is 5. The van der Waals surface area contributed by atoms with Crippen LogP contribution in [0.3, 0.4) is 0 Å². The Morgan fingerprint density at radius 2 is 1.05 bits per heavy atom. The fraction of sp³-hybridized carbons (Fsp3) is 0.0294. The smallest absolute Gasteiger partial charge is 0.204 e. The minimum absolute atomic E-state index is 0.0180. The fourth-order valence-electron chi connectivity index (χ4n) is 4.87. The zero-order valence-corrected chi connectivity index (χ0v) is 21.5. The number of hydrogen-bond acceptors (Lipinski definition) is 6. The highest BCUT2D eigenvalue weighted by Gasteiger charge is 2.26. The van der Waals surface area contributed by atoms with Gasteiger partial charge < -0.3 is 24.5 Å². The SMILES string of the molecule is Cc1oc2c(-c3ccc(-c4ccccc4)cc3)c(O)c(O)c(O)c2c(=O)c1-c1ccc(Oc2ccccc2)cc1. The van der Waals surface area contributed by atoms with Crippen LogP contribution in [0.25, 0.3) is 44.3 Å². The molecule has 0 atom stereocenters. The number of ether oxygens (including phenoxy) is 1. The number of hydrogen-bond donors (Lipinski definition) is 3. The van der Waals surface area contributed by atoms with Crippen molar-refractivity contribution in [3.05, 3.63) is 125 Å². The molecule has 0 saturated carbocycles. The highest BCUT2D eigenvalue weighted by Crippen LogP contribution is 2.49. The topological polar surface area (TPSA) is 100 Å². The Bertz CT molecular complexity index is 1890. The number of benzene rings is 5. The van der Waals surface area contributed by atoms with Crippen molar-refractivity contribution in [2.24, 2.45) is 0 Å². The molecule has 0 aliphatic rings. The van der Waals surface area contributed by atoms with Crippen LogP contribution in [0.15, 0.2) is 118 Å². The molecule has 0 unspecified atom stereocenters. The highest BCUT2D eigenvalue weighted by atomic mass is 16.5. The second-order valence-corrected chi connectivity index (χ2v) is 9.37. The minimum Gasteiger partial charge on any atom is -0.504 e. The van der Waals surface area contributed by atoms with E-state index in [-0.39, 0.29) is 22.1 Å². The van der Waals surface area contributed by atoms with E-state index in [0.717, 1.165) is 11.1 Å². The van der Waals surface area contributed by atoms with E-state index in [1.165, 1.54) is 0 Å². The molecule has 196 valence electrons. The van der Waals surface area contributed by atoms with Crippen molar-refractivity contribution >= 4 is 11.0 Å². The average Bonchev–Trinajstić information content (AvgIpc) is 2.98. The van der Waals surface area contributed by atoms with Crippen molar-refractivity contribution in [2.45, 2.75) is 6.92 Å². The predicted octanol–water partition coefficient (Wildman–Crippen LogP) is 8.01. The monoisotopic (exact) mass is 528 g/mol. The van der Waals surface area contributed by atoms with Crippen LogP contribution in [-0.2, 0) is 0 Å². The first-order valence-corrected chi connectivity index (χ1v) is 12.7. The van der Waals surface area contributed by atoms with Gasteiger partial charge in [-0.3, -0.25) is 4.79 Å². The quantitative estimate of drug-likeness (QED) is 0.196. The van der Waals surface area contributed by atoms with Crippen LogP contribution in [0.5, 0.6) is 28.7 Å². The minimum atomic E-state index is -0.789. The summed E-state index contributed by atoms with van der Waals surface area (Å²) in [5.41, 5.74) is 2.82. The molecule has 6 nitrogen and oxygen atoms in total. The molecule has 6 rings (SSSR count). The van der Waals surface area contributed by atoms with Gasteiger partial charge in [-0.25, -0.2) is 0 Å². The number of aromatic hydroxyl groups is 3. The Balaban J connectivity index is 1.46. The molecule has 6 heteroatoms. The van der Waals surface area contributed by atoms with E-state index in [9.17, 15) is 20.1 Å². The van der Waals surface area contributed by atoms with Gasteiger partial charge in [-0.05, 0) is 53.4 Å². The lowest BCUT2D eigenvalue weighted by Crippen LogP contribution is -2.08. The Hall–Kier alpha value is -5.49. The van der Waals surface area contributed by atoms with E-state index in [1.807, 2.05) is 72.8 Å². The molecule has 6 aromatic rings. The molecule has 5 aromatic carbocycles. The number of phenols is 3. The first-order chi connectivity index (χ1) is 19.4. The molecule has 1 heterocycles. The zero-order chi connectivity index (χ0) is 27.8. The summed E-state index contributed by atoms with van der Waals surface area (Å²) in [5.74, 6) is -0.541. The standard InChI is InChI=1S/C34H24O6/c1-20-27(23-16-18-26(19-17-23)40-25-10-6-3-7-11-25)30(35)29-32(37)33(38)31(36)28(34(29)39-20)24-14-12-22(13-15-24)21-8-4-2-5-9-21/h2-19,36-38H,1H3. The van der Waals surface area contributed by atoms with Gasteiger partial charge in [0, 0.05) is 0 Å². The van der Waals surface area contributed by atoms with Gasteiger partial charge in [-0.1, -0.05) is 84.9 Å². The zero-order valence-electron chi connectivity index (χ0n) is 21.5. The molecule has 3 N–H and O–H groups in total. The largest absolute Gasteiger partial charge is 0.504 e. The maximum absolute atomic E-state index is 13.8. The van der Waals surface area contributed by atoms with Gasteiger partial charge in [0.05, 0.1) is 11.1 Å². The van der Waals surface area contributed by atoms with Gasteiger partial charge in [0.15, 0.2) is 17.1 Å². The van der Waals surface area contributed by atoms with Gasteiger partial charge in [0.2, 0.25) is 11.2 Å². The van der Waals surface area contributed by atoms with Gasteiger partial charge >= 0.3 is 0 Å². The van der Waals surface area contributed by atoms with Crippen molar-refractivity contribution in [3.8, 4) is 62.1 Å².